The van der Waals surface area contributed by atoms with Crippen LogP contribution in [0.2, 0.25) is 0 Å². The molecule has 0 amide bonds. The molecule has 0 saturated carbocycles. The molecule has 2 N–H and O–H groups in total. The molecule has 2 heterocycles. The molecule has 8 heteroatoms. The Kier molecular flexibility index (Phi) is 3.98. The highest BCUT2D eigenvalue weighted by atomic mass is 16.3. The SMILES string of the molecule is CN(C)c1nc2c(c(=O)[nH]c(=O)n2C)n1CC(O)c1ccccc1. The summed E-state index contributed by atoms with van der Waals surface area (Å²) in [6.07, 6.45) is -0.807. The summed E-state index contributed by atoms with van der Waals surface area (Å²) in [6, 6.07) is 9.19. The van der Waals surface area contributed by atoms with E-state index in [0.29, 0.717) is 5.95 Å². The minimum absolute atomic E-state index is 0.148. The van der Waals surface area contributed by atoms with Gasteiger partial charge in [0.25, 0.3) is 5.56 Å². The van der Waals surface area contributed by atoms with Crippen LogP contribution in [0.5, 0.6) is 0 Å². The fourth-order valence-corrected chi connectivity index (χ4v) is 2.69. The van der Waals surface area contributed by atoms with Crippen LogP contribution in [0, 0.1) is 0 Å². The van der Waals surface area contributed by atoms with Crippen LogP contribution in [0.25, 0.3) is 11.2 Å². The quantitative estimate of drug-likeness (QED) is 0.714. The molecule has 0 radical (unpaired) electrons. The third-order valence-corrected chi connectivity index (χ3v) is 3.93. The van der Waals surface area contributed by atoms with E-state index >= 15 is 0 Å². The number of aromatic nitrogens is 4. The van der Waals surface area contributed by atoms with Gasteiger partial charge >= 0.3 is 5.69 Å². The van der Waals surface area contributed by atoms with E-state index in [9.17, 15) is 14.7 Å². The summed E-state index contributed by atoms with van der Waals surface area (Å²) in [5.74, 6) is 0.492. The lowest BCUT2D eigenvalue weighted by atomic mass is 10.1. The predicted octanol–water partition coefficient (Wildman–Crippen LogP) is 0.223. The van der Waals surface area contributed by atoms with Gasteiger partial charge in [0.1, 0.15) is 0 Å². The van der Waals surface area contributed by atoms with Crippen molar-refractivity contribution in [1.29, 1.82) is 0 Å². The van der Waals surface area contributed by atoms with Crippen molar-refractivity contribution >= 4 is 17.1 Å². The summed E-state index contributed by atoms with van der Waals surface area (Å²) in [5.41, 5.74) is 0.244. The molecule has 2 aromatic heterocycles. The number of aromatic amines is 1. The molecule has 0 fully saturated rings. The lowest BCUT2D eigenvalue weighted by Gasteiger charge is -2.17. The van der Waals surface area contributed by atoms with Crippen molar-refractivity contribution in [3.63, 3.8) is 0 Å². The molecule has 1 atom stereocenters. The highest BCUT2D eigenvalue weighted by Crippen LogP contribution is 2.22. The van der Waals surface area contributed by atoms with Crippen molar-refractivity contribution in [2.24, 2.45) is 7.05 Å². The minimum atomic E-state index is -0.807. The van der Waals surface area contributed by atoms with Gasteiger partial charge in [0.2, 0.25) is 5.95 Å². The Morgan fingerprint density at radius 1 is 1.25 bits per heavy atom. The highest BCUT2D eigenvalue weighted by Gasteiger charge is 2.21. The van der Waals surface area contributed by atoms with Crippen LogP contribution in [-0.4, -0.2) is 38.3 Å². The summed E-state index contributed by atoms with van der Waals surface area (Å²) in [5, 5.41) is 10.5. The third kappa shape index (κ3) is 2.61. The molecule has 0 bridgehead atoms. The van der Waals surface area contributed by atoms with E-state index in [0.717, 1.165) is 5.56 Å². The molecule has 0 aliphatic rings. The second-order valence-electron chi connectivity index (χ2n) is 5.83. The van der Waals surface area contributed by atoms with Gasteiger partial charge in [-0.1, -0.05) is 30.3 Å². The fourth-order valence-electron chi connectivity index (χ4n) is 2.69. The molecule has 126 valence electrons. The highest BCUT2D eigenvalue weighted by molar-refractivity contribution is 5.74. The minimum Gasteiger partial charge on any atom is -0.387 e. The Balaban J connectivity index is 2.19. The van der Waals surface area contributed by atoms with E-state index in [2.05, 4.69) is 9.97 Å². The zero-order valence-electron chi connectivity index (χ0n) is 13.7. The maximum atomic E-state index is 12.3. The van der Waals surface area contributed by atoms with Crippen molar-refractivity contribution in [1.82, 2.24) is 19.1 Å². The molecule has 3 aromatic rings. The summed E-state index contributed by atoms with van der Waals surface area (Å²) in [7, 11) is 5.13. The zero-order chi connectivity index (χ0) is 17.4. The number of fused-ring (bicyclic) bond motifs is 1. The molecule has 0 spiro atoms. The summed E-state index contributed by atoms with van der Waals surface area (Å²) < 4.78 is 2.92. The number of benzene rings is 1. The first kappa shape index (κ1) is 16.0. The van der Waals surface area contributed by atoms with Gasteiger partial charge in [0, 0.05) is 21.1 Å². The van der Waals surface area contributed by atoms with E-state index in [1.165, 1.54) is 4.57 Å². The van der Waals surface area contributed by atoms with Crippen molar-refractivity contribution in [3.8, 4) is 0 Å². The average Bonchev–Trinajstić information content (AvgIpc) is 2.93. The zero-order valence-corrected chi connectivity index (χ0v) is 13.7. The Bertz CT molecular complexity index is 985. The molecule has 3 rings (SSSR count). The number of H-pyrrole nitrogens is 1. The first-order valence-corrected chi connectivity index (χ1v) is 7.50. The van der Waals surface area contributed by atoms with Crippen molar-refractivity contribution in [3.05, 3.63) is 56.7 Å². The van der Waals surface area contributed by atoms with E-state index in [-0.39, 0.29) is 17.7 Å². The first-order valence-electron chi connectivity index (χ1n) is 7.50. The van der Waals surface area contributed by atoms with E-state index < -0.39 is 17.4 Å². The van der Waals surface area contributed by atoms with E-state index in [1.54, 1.807) is 30.6 Å². The lowest BCUT2D eigenvalue weighted by Crippen LogP contribution is -2.29. The molecule has 0 saturated heterocycles. The van der Waals surface area contributed by atoms with Gasteiger partial charge in [-0.05, 0) is 5.56 Å². The van der Waals surface area contributed by atoms with Gasteiger partial charge in [0.15, 0.2) is 11.2 Å². The number of aliphatic hydroxyl groups is 1. The third-order valence-electron chi connectivity index (χ3n) is 3.93. The second-order valence-corrected chi connectivity index (χ2v) is 5.83. The van der Waals surface area contributed by atoms with Crippen molar-refractivity contribution in [2.75, 3.05) is 19.0 Å². The maximum Gasteiger partial charge on any atom is 0.329 e. The molecule has 0 aliphatic carbocycles. The monoisotopic (exact) mass is 329 g/mol. The standard InChI is InChI=1S/C16H19N5O3/c1-19(2)15-17-13-12(14(23)18-16(24)20(13)3)21(15)9-11(22)10-7-5-4-6-8-10/h4-8,11,22H,9H2,1-3H3,(H,18,23,24). The predicted molar refractivity (Wildman–Crippen MR) is 91.3 cm³/mol. The van der Waals surface area contributed by atoms with Gasteiger partial charge in [0.05, 0.1) is 12.6 Å². The summed E-state index contributed by atoms with van der Waals surface area (Å²) in [4.78, 5) is 32.5. The fraction of sp³-hybridized carbons (Fsp3) is 0.312. The molecule has 8 nitrogen and oxygen atoms in total. The number of hydrogen-bond acceptors (Lipinski definition) is 5. The van der Waals surface area contributed by atoms with Crippen molar-refractivity contribution < 1.29 is 5.11 Å². The molecule has 1 aromatic carbocycles. The van der Waals surface area contributed by atoms with Gasteiger partial charge in [-0.2, -0.15) is 4.98 Å². The van der Waals surface area contributed by atoms with Crippen LogP contribution in [0.4, 0.5) is 5.95 Å². The molecule has 0 aliphatic heterocycles. The molecular formula is C16H19N5O3. The average molecular weight is 329 g/mol. The number of nitrogens with zero attached hydrogens (tertiary/aromatic N) is 4. The number of anilines is 1. The Morgan fingerprint density at radius 2 is 1.92 bits per heavy atom. The number of imidazole rings is 1. The largest absolute Gasteiger partial charge is 0.387 e. The first-order chi connectivity index (χ1) is 11.4. The van der Waals surface area contributed by atoms with E-state index in [1.807, 2.05) is 30.3 Å². The molecule has 1 unspecified atom stereocenters. The van der Waals surface area contributed by atoms with Gasteiger partial charge in [-0.15, -0.1) is 0 Å². The normalized spacial score (nSPS) is 12.5. The number of rotatable bonds is 4. The molecule has 24 heavy (non-hydrogen) atoms. The van der Waals surface area contributed by atoms with Gasteiger partial charge in [-0.3, -0.25) is 14.3 Å². The van der Waals surface area contributed by atoms with Crippen molar-refractivity contribution in [2.45, 2.75) is 12.6 Å². The Morgan fingerprint density at radius 3 is 2.54 bits per heavy atom. The summed E-state index contributed by atoms with van der Waals surface area (Å²) >= 11 is 0. The number of nitrogens with one attached hydrogen (secondary N) is 1. The topological polar surface area (TPSA) is 96.2 Å². The van der Waals surface area contributed by atoms with Crippen LogP contribution in [0.3, 0.4) is 0 Å². The van der Waals surface area contributed by atoms with Crippen LogP contribution >= 0.6 is 0 Å². The van der Waals surface area contributed by atoms with E-state index in [4.69, 9.17) is 0 Å². The number of aryl methyl sites for hydroxylation is 1. The summed E-state index contributed by atoms with van der Waals surface area (Å²) in [6.45, 7) is 0.148. The number of hydrogen-bond donors (Lipinski definition) is 2. The van der Waals surface area contributed by atoms with Crippen LogP contribution < -0.4 is 16.1 Å². The molecular weight excluding hydrogens is 310 g/mol. The van der Waals surface area contributed by atoms with Crippen LogP contribution in [-0.2, 0) is 13.6 Å². The maximum absolute atomic E-state index is 12.3. The van der Waals surface area contributed by atoms with Gasteiger partial charge in [-0.25, -0.2) is 4.79 Å². The smallest absolute Gasteiger partial charge is 0.329 e. The van der Waals surface area contributed by atoms with Crippen LogP contribution in [0.15, 0.2) is 39.9 Å². The Hall–Kier alpha value is -2.87. The van der Waals surface area contributed by atoms with Crippen LogP contribution in [0.1, 0.15) is 11.7 Å². The number of aliphatic hydroxyl groups excluding tert-OH is 1. The Labute approximate surface area is 137 Å². The lowest BCUT2D eigenvalue weighted by molar-refractivity contribution is 0.158. The second kappa shape index (κ2) is 5.97. The van der Waals surface area contributed by atoms with Gasteiger partial charge < -0.3 is 14.6 Å².